The number of hydrogen-bond acceptors (Lipinski definition) is 4. The van der Waals surface area contributed by atoms with Crippen LogP contribution in [0, 0.1) is 5.82 Å². The lowest BCUT2D eigenvalue weighted by Crippen LogP contribution is -2.25. The number of carbonyl (C=O) groups is 1. The average molecular weight is 464 g/mol. The Morgan fingerprint density at radius 1 is 1.09 bits per heavy atom. The molecule has 4 rings (SSSR count). The quantitative estimate of drug-likeness (QED) is 0.445. The zero-order valence-corrected chi connectivity index (χ0v) is 19.4. The van der Waals surface area contributed by atoms with Gasteiger partial charge in [-0.25, -0.2) is 4.39 Å². The van der Waals surface area contributed by atoms with Gasteiger partial charge in [0.25, 0.3) is 0 Å². The molecule has 1 fully saturated rings. The van der Waals surface area contributed by atoms with Gasteiger partial charge in [-0.3, -0.25) is 4.79 Å². The van der Waals surface area contributed by atoms with Crippen LogP contribution in [-0.2, 0) is 22.6 Å². The van der Waals surface area contributed by atoms with Crippen LogP contribution in [0.1, 0.15) is 37.3 Å². The van der Waals surface area contributed by atoms with Crippen molar-refractivity contribution in [3.8, 4) is 22.6 Å². The standard InChI is InChI=1S/C28H30FNO4/c1-20(31)30-14-13-25-26(22-10-7-11-23(29)16-22)17-24(34-28-12-5-6-15-32-28)18-27(25)33-19-21-8-3-2-4-9-21/h2-4,7-11,16-18,28H,5-6,12-15,19H2,1H3,(H,30,31). The first-order valence-corrected chi connectivity index (χ1v) is 11.7. The molecule has 1 aliphatic heterocycles. The van der Waals surface area contributed by atoms with Crippen molar-refractivity contribution < 1.29 is 23.4 Å². The van der Waals surface area contributed by atoms with Gasteiger partial charge in [0, 0.05) is 31.5 Å². The highest BCUT2D eigenvalue weighted by Crippen LogP contribution is 2.37. The minimum atomic E-state index is -0.320. The molecule has 3 aromatic rings. The van der Waals surface area contributed by atoms with E-state index in [-0.39, 0.29) is 18.0 Å². The lowest BCUT2D eigenvalue weighted by Gasteiger charge is -2.25. The largest absolute Gasteiger partial charge is 0.488 e. The molecule has 0 bridgehead atoms. The van der Waals surface area contributed by atoms with Gasteiger partial charge in [0.15, 0.2) is 6.29 Å². The zero-order valence-electron chi connectivity index (χ0n) is 19.4. The molecule has 0 aromatic heterocycles. The van der Waals surface area contributed by atoms with Crippen molar-refractivity contribution in [1.82, 2.24) is 5.32 Å². The molecule has 0 aliphatic carbocycles. The zero-order chi connectivity index (χ0) is 23.8. The summed E-state index contributed by atoms with van der Waals surface area (Å²) < 4.78 is 32.4. The molecular formula is C28H30FNO4. The van der Waals surface area contributed by atoms with Crippen LogP contribution in [0.5, 0.6) is 11.5 Å². The van der Waals surface area contributed by atoms with E-state index in [0.717, 1.165) is 41.5 Å². The van der Waals surface area contributed by atoms with E-state index in [1.807, 2.05) is 48.5 Å². The molecule has 178 valence electrons. The fraction of sp³-hybridized carbons (Fsp3) is 0.321. The molecule has 1 heterocycles. The number of amides is 1. The third-order valence-corrected chi connectivity index (χ3v) is 5.71. The third-order valence-electron chi connectivity index (χ3n) is 5.71. The second-order valence-electron chi connectivity index (χ2n) is 8.38. The fourth-order valence-corrected chi connectivity index (χ4v) is 4.04. The Balaban J connectivity index is 1.72. The van der Waals surface area contributed by atoms with E-state index >= 15 is 0 Å². The summed E-state index contributed by atoms with van der Waals surface area (Å²) in [6, 6.07) is 20.1. The minimum Gasteiger partial charge on any atom is -0.488 e. The summed E-state index contributed by atoms with van der Waals surface area (Å²) in [6.07, 6.45) is 3.10. The highest BCUT2D eigenvalue weighted by Gasteiger charge is 2.20. The summed E-state index contributed by atoms with van der Waals surface area (Å²) in [6.45, 7) is 2.97. The predicted octanol–water partition coefficient (Wildman–Crippen LogP) is 5.66. The average Bonchev–Trinajstić information content (AvgIpc) is 2.84. The normalized spacial score (nSPS) is 15.5. The van der Waals surface area contributed by atoms with Crippen molar-refractivity contribution in [2.24, 2.45) is 0 Å². The van der Waals surface area contributed by atoms with E-state index in [4.69, 9.17) is 14.2 Å². The summed E-state index contributed by atoms with van der Waals surface area (Å²) >= 11 is 0. The Morgan fingerprint density at radius 3 is 2.68 bits per heavy atom. The van der Waals surface area contributed by atoms with Crippen LogP contribution in [0.15, 0.2) is 66.7 Å². The molecule has 6 heteroatoms. The summed E-state index contributed by atoms with van der Waals surface area (Å²) in [4.78, 5) is 11.5. The Morgan fingerprint density at radius 2 is 1.94 bits per heavy atom. The van der Waals surface area contributed by atoms with E-state index < -0.39 is 0 Å². The van der Waals surface area contributed by atoms with Gasteiger partial charge < -0.3 is 19.5 Å². The van der Waals surface area contributed by atoms with Crippen LogP contribution in [0.25, 0.3) is 11.1 Å². The number of benzene rings is 3. The molecule has 1 amide bonds. The molecule has 34 heavy (non-hydrogen) atoms. The molecule has 1 unspecified atom stereocenters. The molecule has 1 saturated heterocycles. The first-order valence-electron chi connectivity index (χ1n) is 11.7. The van der Waals surface area contributed by atoms with Gasteiger partial charge in [-0.15, -0.1) is 0 Å². The van der Waals surface area contributed by atoms with Gasteiger partial charge in [0.1, 0.15) is 23.9 Å². The molecule has 1 aliphatic rings. The van der Waals surface area contributed by atoms with Crippen LogP contribution in [0.4, 0.5) is 4.39 Å². The van der Waals surface area contributed by atoms with E-state index in [2.05, 4.69) is 5.32 Å². The van der Waals surface area contributed by atoms with Crippen molar-refractivity contribution >= 4 is 5.91 Å². The van der Waals surface area contributed by atoms with E-state index in [1.165, 1.54) is 19.1 Å². The predicted molar refractivity (Wildman–Crippen MR) is 129 cm³/mol. The Hall–Kier alpha value is -3.38. The van der Waals surface area contributed by atoms with E-state index in [9.17, 15) is 9.18 Å². The molecule has 1 atom stereocenters. The second kappa shape index (κ2) is 11.7. The van der Waals surface area contributed by atoms with E-state index in [0.29, 0.717) is 37.7 Å². The van der Waals surface area contributed by atoms with Crippen molar-refractivity contribution in [2.75, 3.05) is 13.2 Å². The van der Waals surface area contributed by atoms with Gasteiger partial charge in [-0.2, -0.15) is 0 Å². The lowest BCUT2D eigenvalue weighted by molar-refractivity contribution is -0.118. The number of halogens is 1. The molecule has 0 spiro atoms. The highest BCUT2D eigenvalue weighted by atomic mass is 19.1. The summed E-state index contributed by atoms with van der Waals surface area (Å²) in [5.41, 5.74) is 3.44. The van der Waals surface area contributed by atoms with E-state index in [1.54, 1.807) is 6.07 Å². The first kappa shape index (κ1) is 23.8. The fourth-order valence-electron chi connectivity index (χ4n) is 4.04. The molecule has 0 radical (unpaired) electrons. The lowest BCUT2D eigenvalue weighted by atomic mass is 9.96. The number of nitrogens with one attached hydrogen (secondary N) is 1. The maximum atomic E-state index is 14.1. The van der Waals surface area contributed by atoms with Crippen LogP contribution in [0.2, 0.25) is 0 Å². The summed E-state index contributed by atoms with van der Waals surface area (Å²) in [5, 5.41) is 2.85. The number of rotatable bonds is 9. The first-order chi connectivity index (χ1) is 16.6. The maximum Gasteiger partial charge on any atom is 0.216 e. The van der Waals surface area contributed by atoms with Gasteiger partial charge in [-0.1, -0.05) is 42.5 Å². The molecule has 3 aromatic carbocycles. The van der Waals surface area contributed by atoms with Crippen molar-refractivity contribution in [3.05, 3.63) is 83.7 Å². The van der Waals surface area contributed by atoms with Crippen LogP contribution in [0.3, 0.4) is 0 Å². The topological polar surface area (TPSA) is 56.8 Å². The second-order valence-corrected chi connectivity index (χ2v) is 8.38. The molecule has 1 N–H and O–H groups in total. The van der Waals surface area contributed by atoms with Gasteiger partial charge in [0.05, 0.1) is 6.61 Å². The van der Waals surface area contributed by atoms with Crippen molar-refractivity contribution in [2.45, 2.75) is 45.5 Å². The number of carbonyl (C=O) groups excluding carboxylic acids is 1. The van der Waals surface area contributed by atoms with Gasteiger partial charge in [-0.05, 0) is 54.2 Å². The molecular weight excluding hydrogens is 433 g/mol. The Bertz CT molecular complexity index is 1100. The minimum absolute atomic E-state index is 0.103. The molecule has 5 nitrogen and oxygen atoms in total. The number of hydrogen-bond donors (Lipinski definition) is 1. The van der Waals surface area contributed by atoms with Crippen LogP contribution < -0.4 is 14.8 Å². The van der Waals surface area contributed by atoms with Crippen molar-refractivity contribution in [3.63, 3.8) is 0 Å². The summed E-state index contributed by atoms with van der Waals surface area (Å²) in [5.74, 6) is 0.826. The summed E-state index contributed by atoms with van der Waals surface area (Å²) in [7, 11) is 0. The Labute approximate surface area is 199 Å². The monoisotopic (exact) mass is 463 g/mol. The van der Waals surface area contributed by atoms with Gasteiger partial charge in [0.2, 0.25) is 5.91 Å². The number of ether oxygens (including phenoxy) is 3. The maximum absolute atomic E-state index is 14.1. The highest BCUT2D eigenvalue weighted by molar-refractivity contribution is 5.74. The molecule has 0 saturated carbocycles. The van der Waals surface area contributed by atoms with Crippen molar-refractivity contribution in [1.29, 1.82) is 0 Å². The van der Waals surface area contributed by atoms with Crippen LogP contribution in [-0.4, -0.2) is 25.3 Å². The SMILES string of the molecule is CC(=O)NCCc1c(OCc2ccccc2)cc(OC2CCCCO2)cc1-c1cccc(F)c1. The Kier molecular flexibility index (Phi) is 8.15. The smallest absolute Gasteiger partial charge is 0.216 e. The third kappa shape index (κ3) is 6.58. The van der Waals surface area contributed by atoms with Crippen LogP contribution >= 0.6 is 0 Å². The van der Waals surface area contributed by atoms with Gasteiger partial charge >= 0.3 is 0 Å².